The van der Waals surface area contributed by atoms with Crippen LogP contribution >= 0.6 is 11.6 Å². The maximum atomic E-state index is 13.0. The highest BCUT2D eigenvalue weighted by atomic mass is 35.5. The fourth-order valence-corrected chi connectivity index (χ4v) is 4.28. The number of carbonyl (C=O) groups is 1. The summed E-state index contributed by atoms with van der Waals surface area (Å²) in [6.45, 7) is 1.43. The smallest absolute Gasteiger partial charge is 0.261 e. The Balaban J connectivity index is 1.60. The van der Waals surface area contributed by atoms with Crippen LogP contribution < -0.4 is 19.5 Å². The summed E-state index contributed by atoms with van der Waals surface area (Å²) in [7, 11) is -2.38. The van der Waals surface area contributed by atoms with Gasteiger partial charge in [-0.25, -0.2) is 12.8 Å². The first-order valence-electron chi connectivity index (χ1n) is 9.82. The maximum absolute atomic E-state index is 13.0. The monoisotopic (exact) mass is 492 g/mol. The van der Waals surface area contributed by atoms with E-state index in [-0.39, 0.29) is 34.1 Å². The third kappa shape index (κ3) is 6.59. The minimum absolute atomic E-state index is 0.0342. The Morgan fingerprint density at radius 3 is 2.33 bits per heavy atom. The van der Waals surface area contributed by atoms with E-state index in [9.17, 15) is 17.6 Å². The number of ether oxygens (including phenoxy) is 2. The van der Waals surface area contributed by atoms with Crippen molar-refractivity contribution < 1.29 is 27.1 Å². The highest BCUT2D eigenvalue weighted by Crippen LogP contribution is 2.28. The van der Waals surface area contributed by atoms with Gasteiger partial charge in [0.1, 0.15) is 17.3 Å². The number of benzene rings is 3. The van der Waals surface area contributed by atoms with Crippen molar-refractivity contribution in [1.82, 2.24) is 5.32 Å². The van der Waals surface area contributed by atoms with Crippen molar-refractivity contribution in [3.05, 3.63) is 83.1 Å². The Kier molecular flexibility index (Phi) is 7.78. The summed E-state index contributed by atoms with van der Waals surface area (Å²) in [4.78, 5) is 12.1. The van der Waals surface area contributed by atoms with E-state index >= 15 is 0 Å². The topological polar surface area (TPSA) is 93.7 Å². The molecule has 33 heavy (non-hydrogen) atoms. The number of methoxy groups -OCH3 is 1. The second kappa shape index (κ2) is 10.5. The molecule has 3 aromatic carbocycles. The first kappa shape index (κ1) is 24.3. The van der Waals surface area contributed by atoms with Crippen LogP contribution in [0.5, 0.6) is 11.5 Å². The zero-order valence-corrected chi connectivity index (χ0v) is 19.4. The molecular weight excluding hydrogens is 471 g/mol. The summed E-state index contributed by atoms with van der Waals surface area (Å²) in [5, 5.41) is 2.77. The van der Waals surface area contributed by atoms with Crippen LogP contribution in [0, 0.1) is 5.82 Å². The molecule has 0 fully saturated rings. The van der Waals surface area contributed by atoms with Gasteiger partial charge in [-0.15, -0.1) is 0 Å². The third-order valence-electron chi connectivity index (χ3n) is 4.66. The predicted octanol–water partition coefficient (Wildman–Crippen LogP) is 4.54. The molecule has 0 aromatic heterocycles. The van der Waals surface area contributed by atoms with E-state index in [0.29, 0.717) is 11.4 Å². The minimum atomic E-state index is -3.89. The van der Waals surface area contributed by atoms with Gasteiger partial charge in [0, 0.05) is 5.69 Å². The highest BCUT2D eigenvalue weighted by Gasteiger charge is 2.17. The molecule has 1 unspecified atom stereocenters. The quantitative estimate of drug-likeness (QED) is 0.457. The lowest BCUT2D eigenvalue weighted by molar-refractivity contribution is -0.123. The van der Waals surface area contributed by atoms with Gasteiger partial charge in [-0.2, -0.15) is 0 Å². The molecule has 0 saturated carbocycles. The largest absolute Gasteiger partial charge is 0.497 e. The zero-order chi connectivity index (χ0) is 24.0. The summed E-state index contributed by atoms with van der Waals surface area (Å²) in [6.07, 6.45) is 0. The van der Waals surface area contributed by atoms with Crippen molar-refractivity contribution in [2.75, 3.05) is 18.4 Å². The Hall–Kier alpha value is -3.30. The number of hydrogen-bond acceptors (Lipinski definition) is 5. The van der Waals surface area contributed by atoms with Crippen LogP contribution in [-0.2, 0) is 14.8 Å². The molecule has 7 nitrogen and oxygen atoms in total. The molecule has 0 heterocycles. The van der Waals surface area contributed by atoms with E-state index in [1.165, 1.54) is 37.4 Å². The van der Waals surface area contributed by atoms with Gasteiger partial charge in [-0.1, -0.05) is 23.7 Å². The molecule has 10 heteroatoms. The van der Waals surface area contributed by atoms with Crippen LogP contribution in [0.3, 0.4) is 0 Å². The van der Waals surface area contributed by atoms with E-state index < -0.39 is 15.9 Å². The van der Waals surface area contributed by atoms with E-state index in [4.69, 9.17) is 21.1 Å². The molecule has 0 aliphatic heterocycles. The van der Waals surface area contributed by atoms with E-state index in [1.54, 1.807) is 43.3 Å². The molecule has 0 aliphatic carbocycles. The number of hydrogen-bond donors (Lipinski definition) is 2. The minimum Gasteiger partial charge on any atom is -0.497 e. The van der Waals surface area contributed by atoms with Crippen molar-refractivity contribution in [3.63, 3.8) is 0 Å². The molecular formula is C23H22ClFN2O5S. The Bertz CT molecular complexity index is 1220. The molecule has 0 bridgehead atoms. The first-order chi connectivity index (χ1) is 15.7. The van der Waals surface area contributed by atoms with Gasteiger partial charge in [-0.05, 0) is 67.1 Å². The normalized spacial score (nSPS) is 12.0. The van der Waals surface area contributed by atoms with Gasteiger partial charge in [0.2, 0.25) is 0 Å². The van der Waals surface area contributed by atoms with Crippen LogP contribution in [0.25, 0.3) is 0 Å². The molecule has 0 spiro atoms. The summed E-state index contributed by atoms with van der Waals surface area (Å²) >= 11 is 6.18. The van der Waals surface area contributed by atoms with Gasteiger partial charge >= 0.3 is 0 Å². The lowest BCUT2D eigenvalue weighted by atomic mass is 10.1. The first-order valence-corrected chi connectivity index (χ1v) is 11.7. The number of sulfonamides is 1. The molecule has 0 radical (unpaired) electrons. The molecule has 1 amide bonds. The maximum Gasteiger partial charge on any atom is 0.261 e. The van der Waals surface area contributed by atoms with E-state index in [1.807, 2.05) is 0 Å². The summed E-state index contributed by atoms with van der Waals surface area (Å²) in [5.74, 6) is -0.0242. The van der Waals surface area contributed by atoms with Gasteiger partial charge in [0.25, 0.3) is 15.9 Å². The molecule has 0 aliphatic rings. The number of carbonyl (C=O) groups excluding carboxylic acids is 1. The second-order valence-corrected chi connectivity index (χ2v) is 9.15. The number of halogens is 2. The van der Waals surface area contributed by atoms with Crippen molar-refractivity contribution in [2.45, 2.75) is 17.9 Å². The number of rotatable bonds is 9. The molecule has 174 valence electrons. The fourth-order valence-electron chi connectivity index (χ4n) is 2.90. The number of anilines is 1. The fraction of sp³-hybridized carbons (Fsp3) is 0.174. The summed E-state index contributed by atoms with van der Waals surface area (Å²) < 4.78 is 51.2. The van der Waals surface area contributed by atoms with Crippen LogP contribution in [0.15, 0.2) is 71.6 Å². The van der Waals surface area contributed by atoms with Gasteiger partial charge in [0.15, 0.2) is 6.61 Å². The highest BCUT2D eigenvalue weighted by molar-refractivity contribution is 7.92. The number of nitrogens with one attached hydrogen (secondary N) is 2. The van der Waals surface area contributed by atoms with Crippen molar-refractivity contribution >= 4 is 33.2 Å². The molecule has 1 atom stereocenters. The predicted molar refractivity (Wildman–Crippen MR) is 124 cm³/mol. The molecule has 3 aromatic rings. The average molecular weight is 493 g/mol. The number of amides is 1. The van der Waals surface area contributed by atoms with E-state index in [0.717, 1.165) is 5.56 Å². The SMILES string of the molecule is COc1ccc(NS(=O)(=O)c2ccc(OCC(=O)NC(C)c3ccc(F)cc3)c(Cl)c2)cc1. The Morgan fingerprint density at radius 2 is 1.73 bits per heavy atom. The van der Waals surface area contributed by atoms with Crippen molar-refractivity contribution in [3.8, 4) is 11.5 Å². The van der Waals surface area contributed by atoms with Gasteiger partial charge in [0.05, 0.1) is 23.1 Å². The summed E-state index contributed by atoms with van der Waals surface area (Å²) in [5.41, 5.74) is 1.10. The Morgan fingerprint density at radius 1 is 1.06 bits per heavy atom. The van der Waals surface area contributed by atoms with Gasteiger partial charge < -0.3 is 14.8 Å². The summed E-state index contributed by atoms with van der Waals surface area (Å²) in [6, 6.07) is 15.8. The molecule has 3 rings (SSSR count). The zero-order valence-electron chi connectivity index (χ0n) is 17.8. The lowest BCUT2D eigenvalue weighted by Crippen LogP contribution is -2.31. The van der Waals surface area contributed by atoms with Crippen LogP contribution in [0.1, 0.15) is 18.5 Å². The Labute approximate surface area is 196 Å². The van der Waals surface area contributed by atoms with Crippen molar-refractivity contribution in [2.24, 2.45) is 0 Å². The lowest BCUT2D eigenvalue weighted by Gasteiger charge is -2.15. The van der Waals surface area contributed by atoms with Crippen LogP contribution in [0.4, 0.5) is 10.1 Å². The third-order valence-corrected chi connectivity index (χ3v) is 6.34. The van der Waals surface area contributed by atoms with E-state index in [2.05, 4.69) is 10.0 Å². The van der Waals surface area contributed by atoms with Crippen molar-refractivity contribution in [1.29, 1.82) is 0 Å². The molecule has 0 saturated heterocycles. The second-order valence-electron chi connectivity index (χ2n) is 7.06. The standard InChI is InChI=1S/C23H22ClFN2O5S/c1-15(16-3-5-17(25)6-4-16)26-23(28)14-32-22-12-11-20(13-21(22)24)33(29,30)27-18-7-9-19(31-2)10-8-18/h3-13,15,27H,14H2,1-2H3,(H,26,28). The average Bonchev–Trinajstić information content (AvgIpc) is 2.79. The van der Waals surface area contributed by atoms with Crippen LogP contribution in [0.2, 0.25) is 5.02 Å². The molecule has 2 N–H and O–H groups in total. The van der Waals surface area contributed by atoms with Gasteiger partial charge in [-0.3, -0.25) is 9.52 Å². The van der Waals surface area contributed by atoms with Crippen LogP contribution in [-0.4, -0.2) is 28.0 Å².